The lowest BCUT2D eigenvalue weighted by molar-refractivity contribution is 0.369. The van der Waals surface area contributed by atoms with Crippen molar-refractivity contribution in [3.8, 4) is 0 Å². The summed E-state index contributed by atoms with van der Waals surface area (Å²) in [7, 11) is 2.04. The van der Waals surface area contributed by atoms with E-state index >= 15 is 0 Å². The fourth-order valence-corrected chi connectivity index (χ4v) is 2.80. The normalized spacial score (nSPS) is 26.9. The summed E-state index contributed by atoms with van der Waals surface area (Å²) in [6, 6.07) is 0.326. The zero-order chi connectivity index (χ0) is 11.0. The summed E-state index contributed by atoms with van der Waals surface area (Å²) in [6.45, 7) is 4.24. The molecule has 3 nitrogen and oxygen atoms in total. The maximum absolute atomic E-state index is 6.22. The molecule has 1 aromatic heterocycles. The molecule has 1 heterocycles. The Bertz CT molecular complexity index is 354. The minimum Gasteiger partial charge on any atom is -0.327 e. The van der Waals surface area contributed by atoms with Gasteiger partial charge in [-0.2, -0.15) is 5.10 Å². The van der Waals surface area contributed by atoms with E-state index in [9.17, 15) is 0 Å². The highest BCUT2D eigenvalue weighted by Gasteiger charge is 2.27. The van der Waals surface area contributed by atoms with Crippen LogP contribution < -0.4 is 5.73 Å². The Balaban J connectivity index is 2.35. The van der Waals surface area contributed by atoms with Gasteiger partial charge in [0.2, 0.25) is 0 Å². The Kier molecular flexibility index (Phi) is 2.83. The molecule has 1 saturated carbocycles. The van der Waals surface area contributed by atoms with E-state index in [2.05, 4.69) is 18.9 Å². The first kappa shape index (κ1) is 10.7. The maximum Gasteiger partial charge on any atom is 0.0625 e. The van der Waals surface area contributed by atoms with Gasteiger partial charge in [0.15, 0.2) is 0 Å². The smallest absolute Gasteiger partial charge is 0.0625 e. The quantitative estimate of drug-likeness (QED) is 0.765. The van der Waals surface area contributed by atoms with Crippen molar-refractivity contribution in [3.05, 3.63) is 17.0 Å². The minimum atomic E-state index is 0.326. The van der Waals surface area contributed by atoms with Crippen LogP contribution in [0.25, 0.3) is 0 Å². The van der Waals surface area contributed by atoms with Gasteiger partial charge in [0, 0.05) is 24.7 Å². The van der Waals surface area contributed by atoms with Crippen molar-refractivity contribution in [1.29, 1.82) is 0 Å². The van der Waals surface area contributed by atoms with Crippen LogP contribution in [0.4, 0.5) is 0 Å². The van der Waals surface area contributed by atoms with Crippen molar-refractivity contribution in [2.45, 2.75) is 51.5 Å². The topological polar surface area (TPSA) is 43.8 Å². The summed E-state index contributed by atoms with van der Waals surface area (Å²) < 4.78 is 2.03. The summed E-state index contributed by atoms with van der Waals surface area (Å²) in [4.78, 5) is 0. The third kappa shape index (κ3) is 1.81. The Morgan fingerprint density at radius 1 is 1.27 bits per heavy atom. The molecule has 3 heteroatoms. The van der Waals surface area contributed by atoms with Gasteiger partial charge in [-0.05, 0) is 32.3 Å². The highest BCUT2D eigenvalue weighted by Crippen LogP contribution is 2.33. The monoisotopic (exact) mass is 207 g/mol. The molecule has 1 fully saturated rings. The maximum atomic E-state index is 6.22. The molecule has 0 aromatic carbocycles. The van der Waals surface area contributed by atoms with Crippen LogP contribution in [0.1, 0.15) is 48.6 Å². The molecule has 0 radical (unpaired) electrons. The summed E-state index contributed by atoms with van der Waals surface area (Å²) in [5.41, 5.74) is 10.1. The van der Waals surface area contributed by atoms with E-state index in [0.29, 0.717) is 12.0 Å². The molecule has 2 unspecified atom stereocenters. The van der Waals surface area contributed by atoms with Crippen molar-refractivity contribution in [2.24, 2.45) is 12.8 Å². The van der Waals surface area contributed by atoms with Crippen LogP contribution in [-0.2, 0) is 7.05 Å². The number of rotatable bonds is 1. The first-order valence-corrected chi connectivity index (χ1v) is 5.87. The molecule has 84 valence electrons. The highest BCUT2D eigenvalue weighted by molar-refractivity contribution is 5.28. The van der Waals surface area contributed by atoms with Crippen LogP contribution in [0.15, 0.2) is 0 Å². The second kappa shape index (κ2) is 3.97. The number of hydrogen-bond acceptors (Lipinski definition) is 2. The second-order valence-corrected chi connectivity index (χ2v) is 4.77. The van der Waals surface area contributed by atoms with E-state index < -0.39 is 0 Å². The average molecular weight is 207 g/mol. The molecule has 0 amide bonds. The van der Waals surface area contributed by atoms with Crippen molar-refractivity contribution in [3.63, 3.8) is 0 Å². The van der Waals surface area contributed by atoms with E-state index in [4.69, 9.17) is 5.73 Å². The molecule has 2 N–H and O–H groups in total. The second-order valence-electron chi connectivity index (χ2n) is 4.77. The molecule has 0 aliphatic heterocycles. The summed E-state index contributed by atoms with van der Waals surface area (Å²) >= 11 is 0. The fraction of sp³-hybridized carbons (Fsp3) is 0.750. The summed E-state index contributed by atoms with van der Waals surface area (Å²) in [6.07, 6.45) is 4.98. The lowest BCUT2D eigenvalue weighted by Gasteiger charge is -2.29. The lowest BCUT2D eigenvalue weighted by atomic mass is 9.81. The van der Waals surface area contributed by atoms with Gasteiger partial charge in [0.1, 0.15) is 0 Å². The molecule has 0 spiro atoms. The van der Waals surface area contributed by atoms with Gasteiger partial charge in [0.25, 0.3) is 0 Å². The van der Waals surface area contributed by atoms with Crippen LogP contribution in [0.3, 0.4) is 0 Å². The van der Waals surface area contributed by atoms with Crippen molar-refractivity contribution in [2.75, 3.05) is 0 Å². The van der Waals surface area contributed by atoms with Gasteiger partial charge in [-0.25, -0.2) is 0 Å². The molecule has 2 atom stereocenters. The first-order valence-electron chi connectivity index (χ1n) is 5.87. The number of aryl methyl sites for hydroxylation is 2. The molecule has 15 heavy (non-hydrogen) atoms. The molecule has 1 aromatic rings. The summed E-state index contributed by atoms with van der Waals surface area (Å²) in [5, 5.41) is 4.48. The Labute approximate surface area is 91.7 Å². The first-order chi connectivity index (χ1) is 7.11. The van der Waals surface area contributed by atoms with Crippen molar-refractivity contribution in [1.82, 2.24) is 9.78 Å². The van der Waals surface area contributed by atoms with Gasteiger partial charge in [-0.15, -0.1) is 0 Å². The van der Waals surface area contributed by atoms with Gasteiger partial charge >= 0.3 is 0 Å². The molecule has 1 aliphatic rings. The van der Waals surface area contributed by atoms with Crippen LogP contribution >= 0.6 is 0 Å². The van der Waals surface area contributed by atoms with Gasteiger partial charge in [0.05, 0.1) is 5.69 Å². The predicted octanol–water partition coefficient (Wildman–Crippen LogP) is 2.02. The number of aromatic nitrogens is 2. The van der Waals surface area contributed by atoms with Crippen molar-refractivity contribution >= 4 is 0 Å². The zero-order valence-corrected chi connectivity index (χ0v) is 9.95. The van der Waals surface area contributed by atoms with E-state index in [-0.39, 0.29) is 0 Å². The Morgan fingerprint density at radius 2 is 1.93 bits per heavy atom. The average Bonchev–Trinajstić information content (AvgIpc) is 2.43. The van der Waals surface area contributed by atoms with Crippen LogP contribution in [0.2, 0.25) is 0 Å². The van der Waals surface area contributed by atoms with Crippen LogP contribution in [0.5, 0.6) is 0 Å². The largest absolute Gasteiger partial charge is 0.327 e. The lowest BCUT2D eigenvalue weighted by Crippen LogP contribution is -2.32. The fourth-order valence-electron chi connectivity index (χ4n) is 2.80. The molecule has 0 bridgehead atoms. The number of hydrogen-bond donors (Lipinski definition) is 1. The molecule has 0 saturated heterocycles. The minimum absolute atomic E-state index is 0.326. The Morgan fingerprint density at radius 3 is 2.47 bits per heavy atom. The predicted molar refractivity (Wildman–Crippen MR) is 61.9 cm³/mol. The number of nitrogens with zero attached hydrogens (tertiary/aromatic N) is 2. The van der Waals surface area contributed by atoms with E-state index in [0.717, 1.165) is 12.1 Å². The molecular formula is C12H21N3. The van der Waals surface area contributed by atoms with E-state index in [1.54, 1.807) is 0 Å². The van der Waals surface area contributed by atoms with Gasteiger partial charge in [-0.1, -0.05) is 12.8 Å². The third-order valence-corrected chi connectivity index (χ3v) is 3.75. The van der Waals surface area contributed by atoms with Crippen molar-refractivity contribution < 1.29 is 0 Å². The number of nitrogens with two attached hydrogens (primary N) is 1. The molecule has 2 rings (SSSR count). The standard InChI is InChI=1S/C12H21N3/c1-8-9(2)14-15(3)12(8)10-6-4-5-7-11(10)13/h10-11H,4-7,13H2,1-3H3. The Hall–Kier alpha value is -0.830. The third-order valence-electron chi connectivity index (χ3n) is 3.75. The van der Waals surface area contributed by atoms with Crippen LogP contribution in [0, 0.1) is 13.8 Å². The SMILES string of the molecule is Cc1nn(C)c(C2CCCCC2N)c1C. The van der Waals surface area contributed by atoms with E-state index in [1.807, 2.05) is 11.7 Å². The molecular weight excluding hydrogens is 186 g/mol. The zero-order valence-electron chi connectivity index (χ0n) is 9.95. The van der Waals surface area contributed by atoms with Gasteiger partial charge in [-0.3, -0.25) is 4.68 Å². The van der Waals surface area contributed by atoms with Crippen LogP contribution in [-0.4, -0.2) is 15.8 Å². The molecule has 1 aliphatic carbocycles. The summed E-state index contributed by atoms with van der Waals surface area (Å²) in [5.74, 6) is 0.518. The van der Waals surface area contributed by atoms with E-state index in [1.165, 1.54) is 30.5 Å². The highest BCUT2D eigenvalue weighted by atomic mass is 15.3. The van der Waals surface area contributed by atoms with Gasteiger partial charge < -0.3 is 5.73 Å².